The maximum Gasteiger partial charge on any atom is 0.661 e. The van der Waals surface area contributed by atoms with Crippen LogP contribution in [0.2, 0.25) is 0 Å². The summed E-state index contributed by atoms with van der Waals surface area (Å²) < 4.78 is 29.1. The number of hydrogen-bond donors (Lipinski definition) is 0. The van der Waals surface area contributed by atoms with Gasteiger partial charge >= 0.3 is 12.1 Å². The van der Waals surface area contributed by atoms with Gasteiger partial charge in [-0.1, -0.05) is 13.8 Å². The van der Waals surface area contributed by atoms with E-state index in [0.29, 0.717) is 0 Å². The lowest BCUT2D eigenvalue weighted by atomic mass is 10.7. The van der Waals surface area contributed by atoms with E-state index in [0.717, 1.165) is 13.1 Å². The van der Waals surface area contributed by atoms with Gasteiger partial charge < -0.3 is 5.32 Å². The molecule has 5 heteroatoms. The average molecular weight is 161 g/mol. The maximum absolute atomic E-state index is 9.69. The van der Waals surface area contributed by atoms with Crippen molar-refractivity contribution in [3.63, 3.8) is 0 Å². The minimum absolute atomic E-state index is 0.969. The van der Waals surface area contributed by atoms with Crippen molar-refractivity contribution in [2.75, 3.05) is 13.1 Å². The summed E-state index contributed by atoms with van der Waals surface area (Å²) in [6, 6.07) is 0. The van der Waals surface area contributed by atoms with E-state index in [2.05, 4.69) is 5.32 Å². The van der Waals surface area contributed by atoms with Crippen LogP contribution in [0, 0.1) is 0 Å². The van der Waals surface area contributed by atoms with Gasteiger partial charge in [0, 0.05) is 0 Å². The summed E-state index contributed by atoms with van der Waals surface area (Å²) in [6.45, 7) is 6.03. The number of rotatable bonds is 2. The minimum atomic E-state index is -3.86. The fraction of sp³-hybridized carbons (Fsp3) is 1.00. The first-order valence-electron chi connectivity index (χ1n) is 2.51. The second kappa shape index (κ2) is 11.0. The first-order valence-corrected chi connectivity index (χ1v) is 3.44. The molecule has 0 spiro atoms. The van der Waals surface area contributed by atoms with E-state index in [1.165, 1.54) is 0 Å². The molecular weight excluding hydrogens is 151 g/mol. The van der Waals surface area contributed by atoms with E-state index in [-0.39, 0.29) is 0 Å². The Hall–Kier alpha value is 0.1000. The third-order valence-corrected chi connectivity index (χ3v) is 0.447. The van der Waals surface area contributed by atoms with Gasteiger partial charge in [-0.2, -0.15) is 13.1 Å². The molecule has 0 bridgehead atoms. The molecule has 0 saturated carbocycles. The van der Waals surface area contributed by atoms with Gasteiger partial charge in [-0.05, 0) is 0 Å². The Bertz CT molecular complexity index is 40.0. The molecule has 0 aromatic heterocycles. The topological polar surface area (TPSA) is 14.1 Å². The molecule has 9 heavy (non-hydrogen) atoms. The van der Waals surface area contributed by atoms with Crippen molar-refractivity contribution in [1.29, 1.82) is 0 Å². The third kappa shape index (κ3) is 68.3. The van der Waals surface area contributed by atoms with E-state index in [1.807, 2.05) is 13.8 Å². The van der Waals surface area contributed by atoms with Gasteiger partial charge in [-0.15, -0.1) is 0 Å². The van der Waals surface area contributed by atoms with Gasteiger partial charge in [0.1, 0.15) is 11.7 Å². The Morgan fingerprint density at radius 2 is 1.33 bits per heavy atom. The highest BCUT2D eigenvalue weighted by Gasteiger charge is 2.14. The summed E-state index contributed by atoms with van der Waals surface area (Å²) in [4.78, 5) is 0. The fourth-order valence-electron chi connectivity index (χ4n) is 0.224. The fourth-order valence-corrected chi connectivity index (χ4v) is 0.224. The van der Waals surface area contributed by atoms with Crippen molar-refractivity contribution >= 4 is 12.1 Å². The normalized spacial score (nSPS) is 8.67. The molecule has 0 heterocycles. The van der Waals surface area contributed by atoms with E-state index in [4.69, 9.17) is 0 Å². The zero-order valence-electron chi connectivity index (χ0n) is 5.40. The summed E-state index contributed by atoms with van der Waals surface area (Å²) in [7, 11) is 0. The SMILES string of the molecule is CC[N-]CC.F[S+](F)F. The van der Waals surface area contributed by atoms with Crippen molar-refractivity contribution in [2.45, 2.75) is 13.8 Å². The van der Waals surface area contributed by atoms with Crippen LogP contribution in [0.1, 0.15) is 13.8 Å². The Labute approximate surface area is 56.9 Å². The lowest BCUT2D eigenvalue weighted by molar-refractivity contribution is 0.662. The largest absolute Gasteiger partial charge is 0.663 e. The Morgan fingerprint density at radius 3 is 1.33 bits per heavy atom. The maximum atomic E-state index is 9.69. The van der Waals surface area contributed by atoms with E-state index < -0.39 is 12.1 Å². The van der Waals surface area contributed by atoms with E-state index >= 15 is 0 Å². The van der Waals surface area contributed by atoms with Crippen LogP contribution in [0.5, 0.6) is 0 Å². The monoisotopic (exact) mass is 161 g/mol. The van der Waals surface area contributed by atoms with Crippen LogP contribution in [0.3, 0.4) is 0 Å². The molecule has 0 aliphatic carbocycles. The van der Waals surface area contributed by atoms with Crippen molar-refractivity contribution in [3.05, 3.63) is 5.32 Å². The van der Waals surface area contributed by atoms with Crippen LogP contribution < -0.4 is 0 Å². The Morgan fingerprint density at radius 1 is 1.11 bits per heavy atom. The van der Waals surface area contributed by atoms with Crippen molar-refractivity contribution < 1.29 is 11.7 Å². The van der Waals surface area contributed by atoms with Crippen LogP contribution in [0.25, 0.3) is 5.32 Å². The molecule has 0 unspecified atom stereocenters. The first-order chi connectivity index (χ1) is 4.15. The molecule has 0 fully saturated rings. The molecule has 58 valence electrons. The molecule has 1 nitrogen and oxygen atoms in total. The predicted molar refractivity (Wildman–Crippen MR) is 35.1 cm³/mol. The molecule has 0 rings (SSSR count). The molecule has 0 aliphatic heterocycles. The highest BCUT2D eigenvalue weighted by molar-refractivity contribution is 7.81. The van der Waals surface area contributed by atoms with Gasteiger partial charge in [-0.25, -0.2) is 0 Å². The number of hydrogen-bond acceptors (Lipinski definition) is 0. The van der Waals surface area contributed by atoms with Gasteiger partial charge in [0.2, 0.25) is 0 Å². The number of halogens is 3. The smallest absolute Gasteiger partial charge is 0.661 e. The molecule has 0 saturated heterocycles. The van der Waals surface area contributed by atoms with Crippen molar-refractivity contribution in [2.24, 2.45) is 0 Å². The van der Waals surface area contributed by atoms with Crippen LogP contribution >= 0.6 is 0 Å². The van der Waals surface area contributed by atoms with Crippen LogP contribution in [0.4, 0.5) is 11.7 Å². The number of nitrogens with zero attached hydrogens (tertiary/aromatic N) is 1. The molecule has 0 aliphatic rings. The van der Waals surface area contributed by atoms with E-state index in [1.54, 1.807) is 0 Å². The summed E-state index contributed by atoms with van der Waals surface area (Å²) in [5.41, 5.74) is 0. The lowest BCUT2D eigenvalue weighted by Crippen LogP contribution is -1.73. The second-order valence-electron chi connectivity index (χ2n) is 1.03. The van der Waals surface area contributed by atoms with Crippen LogP contribution in [0.15, 0.2) is 0 Å². The van der Waals surface area contributed by atoms with Gasteiger partial charge in [0.05, 0.1) is 0 Å². The molecular formula is C4H10F3NS. The zero-order valence-corrected chi connectivity index (χ0v) is 6.22. The minimum Gasteiger partial charge on any atom is -0.663 e. The van der Waals surface area contributed by atoms with Crippen molar-refractivity contribution in [1.82, 2.24) is 0 Å². The summed E-state index contributed by atoms with van der Waals surface area (Å²) in [6.07, 6.45) is 0. The van der Waals surface area contributed by atoms with Crippen LogP contribution in [-0.4, -0.2) is 13.1 Å². The summed E-state index contributed by atoms with van der Waals surface area (Å²) in [5, 5.41) is 3.97. The molecule has 0 amide bonds. The summed E-state index contributed by atoms with van der Waals surface area (Å²) >= 11 is -3.86. The average Bonchev–Trinajstić information content (AvgIpc) is 1.66. The van der Waals surface area contributed by atoms with Gasteiger partial charge in [0.25, 0.3) is 0 Å². The third-order valence-electron chi connectivity index (χ3n) is 0.447. The molecule has 0 aromatic rings. The molecule has 0 aromatic carbocycles. The Balaban J connectivity index is 0. The van der Waals surface area contributed by atoms with E-state index in [9.17, 15) is 11.7 Å². The second-order valence-corrected chi connectivity index (χ2v) is 1.38. The lowest BCUT2D eigenvalue weighted by Gasteiger charge is -2.07. The Kier molecular flexibility index (Phi) is 14.4. The summed E-state index contributed by atoms with van der Waals surface area (Å²) in [5.74, 6) is 0. The standard InChI is InChI=1S/C4H10N.F3S/c1-3-5-4-2;1-4(2)3/h3-4H2,1-2H3;/q-1;+1. The van der Waals surface area contributed by atoms with Gasteiger partial charge in [0.15, 0.2) is 0 Å². The van der Waals surface area contributed by atoms with Crippen molar-refractivity contribution in [3.8, 4) is 0 Å². The van der Waals surface area contributed by atoms with Crippen LogP contribution in [-0.2, 0) is 12.1 Å². The molecule has 0 N–H and O–H groups in total. The van der Waals surface area contributed by atoms with Gasteiger partial charge in [-0.3, -0.25) is 0 Å². The molecule has 0 atom stereocenters. The highest BCUT2D eigenvalue weighted by Crippen LogP contribution is 1.96. The predicted octanol–water partition coefficient (Wildman–Crippen LogP) is 2.66. The highest BCUT2D eigenvalue weighted by atomic mass is 32.3. The first kappa shape index (κ1) is 11.8. The zero-order chi connectivity index (χ0) is 7.70. The molecule has 0 radical (unpaired) electrons. The quantitative estimate of drug-likeness (QED) is 0.553.